The highest BCUT2D eigenvalue weighted by Gasteiger charge is 2.45. The highest BCUT2D eigenvalue weighted by Crippen LogP contribution is 2.36. The molecule has 0 aromatic carbocycles. The van der Waals surface area contributed by atoms with Crippen LogP contribution in [0.1, 0.15) is 6.42 Å². The SMILES string of the molecule is COc1cc(N2C[C@H]3C[C@@H]2CN3C(=O)O)cnc1Cl. The van der Waals surface area contributed by atoms with Crippen molar-refractivity contribution in [3.63, 3.8) is 0 Å². The summed E-state index contributed by atoms with van der Waals surface area (Å²) in [5, 5.41) is 9.40. The van der Waals surface area contributed by atoms with E-state index in [0.29, 0.717) is 24.0 Å². The molecular weight excluding hydrogens is 270 g/mol. The molecular formula is C12H14ClN3O3. The quantitative estimate of drug-likeness (QED) is 0.837. The first-order valence-corrected chi connectivity index (χ1v) is 6.43. The molecule has 0 spiro atoms. The summed E-state index contributed by atoms with van der Waals surface area (Å²) in [6.45, 7) is 1.24. The van der Waals surface area contributed by atoms with Crippen LogP contribution in [0.25, 0.3) is 0 Å². The van der Waals surface area contributed by atoms with Crippen molar-refractivity contribution in [1.82, 2.24) is 9.88 Å². The van der Waals surface area contributed by atoms with Crippen molar-refractivity contribution in [1.29, 1.82) is 0 Å². The zero-order valence-corrected chi connectivity index (χ0v) is 11.2. The number of nitrogens with zero attached hydrogens (tertiary/aromatic N) is 3. The van der Waals surface area contributed by atoms with Crippen LogP contribution < -0.4 is 9.64 Å². The van der Waals surface area contributed by atoms with Gasteiger partial charge in [-0.25, -0.2) is 9.78 Å². The van der Waals surface area contributed by atoms with Crippen LogP contribution >= 0.6 is 11.6 Å². The number of amides is 1. The Balaban J connectivity index is 1.81. The summed E-state index contributed by atoms with van der Waals surface area (Å²) in [5.41, 5.74) is 0.929. The van der Waals surface area contributed by atoms with Crippen LogP contribution in [-0.4, -0.2) is 53.4 Å². The summed E-state index contributed by atoms with van der Waals surface area (Å²) >= 11 is 5.91. The second-order valence-corrected chi connectivity index (χ2v) is 5.18. The molecule has 2 aliphatic heterocycles. The van der Waals surface area contributed by atoms with Gasteiger partial charge in [0.1, 0.15) is 0 Å². The standard InChI is InChI=1S/C12H14ClN3O3/c1-19-10-3-7(4-14-11(10)13)15-5-9-2-8(15)6-16(9)12(17)18/h3-4,8-9H,2,5-6H2,1H3,(H,17,18)/t8-,9-/m1/s1. The first kappa shape index (κ1) is 12.3. The predicted molar refractivity (Wildman–Crippen MR) is 70.1 cm³/mol. The lowest BCUT2D eigenvalue weighted by Crippen LogP contribution is -2.48. The van der Waals surface area contributed by atoms with Crippen molar-refractivity contribution in [2.45, 2.75) is 18.5 Å². The summed E-state index contributed by atoms with van der Waals surface area (Å²) in [5.74, 6) is 0.539. The summed E-state index contributed by atoms with van der Waals surface area (Å²) in [4.78, 5) is 18.8. The smallest absolute Gasteiger partial charge is 0.407 e. The molecule has 3 heterocycles. The molecule has 102 valence electrons. The number of halogens is 1. The number of pyridine rings is 1. The maximum Gasteiger partial charge on any atom is 0.407 e. The molecule has 1 aromatic rings. The van der Waals surface area contributed by atoms with Gasteiger partial charge in [-0.1, -0.05) is 11.6 Å². The van der Waals surface area contributed by atoms with Gasteiger partial charge in [0, 0.05) is 25.2 Å². The highest BCUT2D eigenvalue weighted by atomic mass is 35.5. The topological polar surface area (TPSA) is 65.9 Å². The van der Waals surface area contributed by atoms with Gasteiger partial charge in [-0.05, 0) is 6.42 Å². The number of ether oxygens (including phenoxy) is 1. The van der Waals surface area contributed by atoms with Crippen molar-refractivity contribution in [3.05, 3.63) is 17.4 Å². The van der Waals surface area contributed by atoms with Gasteiger partial charge in [0.05, 0.1) is 25.0 Å². The van der Waals surface area contributed by atoms with Gasteiger partial charge in [0.15, 0.2) is 10.9 Å². The Labute approximate surface area is 115 Å². The zero-order chi connectivity index (χ0) is 13.6. The van der Waals surface area contributed by atoms with Crippen LogP contribution in [0.15, 0.2) is 12.3 Å². The number of likely N-dealkylation sites (tertiary alicyclic amines) is 1. The molecule has 0 saturated carbocycles. The summed E-state index contributed by atoms with van der Waals surface area (Å²) in [6, 6.07) is 2.14. The second kappa shape index (κ2) is 4.45. The number of hydrogen-bond donors (Lipinski definition) is 1. The average Bonchev–Trinajstić information content (AvgIpc) is 2.99. The van der Waals surface area contributed by atoms with Crippen LogP contribution in [0.5, 0.6) is 5.75 Å². The number of methoxy groups -OCH3 is 1. The van der Waals surface area contributed by atoms with E-state index < -0.39 is 6.09 Å². The third-order valence-electron chi connectivity index (χ3n) is 3.83. The minimum atomic E-state index is -0.834. The Bertz CT molecular complexity index is 525. The van der Waals surface area contributed by atoms with Gasteiger partial charge < -0.3 is 19.6 Å². The summed E-state index contributed by atoms with van der Waals surface area (Å²) in [6.07, 6.45) is 1.74. The minimum Gasteiger partial charge on any atom is -0.493 e. The number of hydrogen-bond acceptors (Lipinski definition) is 4. The van der Waals surface area contributed by atoms with E-state index in [1.54, 1.807) is 13.3 Å². The third-order valence-corrected chi connectivity index (χ3v) is 4.11. The molecule has 1 amide bonds. The fourth-order valence-electron chi connectivity index (χ4n) is 2.94. The number of carboxylic acid groups (broad SMARTS) is 1. The average molecular weight is 284 g/mol. The molecule has 1 N–H and O–H groups in total. The molecule has 7 heteroatoms. The number of aromatic nitrogens is 1. The van der Waals surface area contributed by atoms with Crippen LogP contribution in [0.4, 0.5) is 10.5 Å². The van der Waals surface area contributed by atoms with Crippen molar-refractivity contribution < 1.29 is 14.6 Å². The first-order valence-electron chi connectivity index (χ1n) is 6.06. The largest absolute Gasteiger partial charge is 0.493 e. The van der Waals surface area contributed by atoms with Gasteiger partial charge in [-0.15, -0.1) is 0 Å². The maximum absolute atomic E-state index is 11.0. The Kier molecular flexibility index (Phi) is 2.89. The fourth-order valence-corrected chi connectivity index (χ4v) is 3.12. The molecule has 2 aliphatic rings. The predicted octanol–water partition coefficient (Wildman–Crippen LogP) is 1.68. The summed E-state index contributed by atoms with van der Waals surface area (Å²) in [7, 11) is 1.55. The van der Waals surface area contributed by atoms with Gasteiger partial charge >= 0.3 is 6.09 Å². The number of fused-ring (bicyclic) bond motifs is 2. The van der Waals surface area contributed by atoms with Crippen LogP contribution in [0.2, 0.25) is 5.15 Å². The van der Waals surface area contributed by atoms with E-state index in [4.69, 9.17) is 21.4 Å². The van der Waals surface area contributed by atoms with E-state index in [9.17, 15) is 4.79 Å². The lowest BCUT2D eigenvalue weighted by Gasteiger charge is -2.34. The molecule has 2 fully saturated rings. The minimum absolute atomic E-state index is 0.0733. The van der Waals surface area contributed by atoms with Crippen LogP contribution in [-0.2, 0) is 0 Å². The number of piperazine rings is 1. The number of rotatable bonds is 2. The lowest BCUT2D eigenvalue weighted by molar-refractivity contribution is 0.137. The monoisotopic (exact) mass is 283 g/mol. The van der Waals surface area contributed by atoms with E-state index in [1.165, 1.54) is 4.90 Å². The van der Waals surface area contributed by atoms with Crippen molar-refractivity contribution >= 4 is 23.4 Å². The Morgan fingerprint density at radius 3 is 2.89 bits per heavy atom. The van der Waals surface area contributed by atoms with Gasteiger partial charge in [0.2, 0.25) is 0 Å². The van der Waals surface area contributed by atoms with Crippen LogP contribution in [0.3, 0.4) is 0 Å². The number of anilines is 1. The Morgan fingerprint density at radius 1 is 1.53 bits per heavy atom. The zero-order valence-electron chi connectivity index (χ0n) is 10.4. The van der Waals surface area contributed by atoms with Gasteiger partial charge in [-0.2, -0.15) is 0 Å². The summed E-state index contributed by atoms with van der Waals surface area (Å²) < 4.78 is 5.16. The first-order chi connectivity index (χ1) is 9.10. The second-order valence-electron chi connectivity index (χ2n) is 4.82. The lowest BCUT2D eigenvalue weighted by atomic mass is 10.2. The van der Waals surface area contributed by atoms with Crippen molar-refractivity contribution in [2.24, 2.45) is 0 Å². The molecule has 1 aromatic heterocycles. The molecule has 0 aliphatic carbocycles. The molecule has 3 rings (SSSR count). The van der Waals surface area contributed by atoms with Crippen molar-refractivity contribution in [3.8, 4) is 5.75 Å². The molecule has 19 heavy (non-hydrogen) atoms. The Morgan fingerprint density at radius 2 is 2.32 bits per heavy atom. The molecule has 2 saturated heterocycles. The van der Waals surface area contributed by atoms with Gasteiger partial charge in [0.25, 0.3) is 0 Å². The van der Waals surface area contributed by atoms with Gasteiger partial charge in [-0.3, -0.25) is 0 Å². The maximum atomic E-state index is 11.0. The van der Waals surface area contributed by atoms with E-state index in [2.05, 4.69) is 9.88 Å². The van der Waals surface area contributed by atoms with E-state index in [-0.39, 0.29) is 12.1 Å². The van der Waals surface area contributed by atoms with Crippen molar-refractivity contribution in [2.75, 3.05) is 25.1 Å². The number of carbonyl (C=O) groups is 1. The molecule has 2 atom stereocenters. The van der Waals surface area contributed by atoms with Crippen LogP contribution in [0, 0.1) is 0 Å². The molecule has 6 nitrogen and oxygen atoms in total. The highest BCUT2D eigenvalue weighted by molar-refractivity contribution is 6.30. The van der Waals surface area contributed by atoms with E-state index >= 15 is 0 Å². The molecule has 0 radical (unpaired) electrons. The third kappa shape index (κ3) is 1.96. The van der Waals surface area contributed by atoms with E-state index in [1.807, 2.05) is 6.07 Å². The molecule has 0 unspecified atom stereocenters. The normalized spacial score (nSPS) is 24.9. The Hall–Kier alpha value is -1.69. The molecule has 2 bridgehead atoms. The van der Waals surface area contributed by atoms with E-state index in [0.717, 1.165) is 12.1 Å². The fraction of sp³-hybridized carbons (Fsp3) is 0.500.